The fraction of sp³-hybridized carbons (Fsp3) is 0. The van der Waals surface area contributed by atoms with E-state index in [0.29, 0.717) is 0 Å². The summed E-state index contributed by atoms with van der Waals surface area (Å²) in [4.78, 5) is 3.61. The summed E-state index contributed by atoms with van der Waals surface area (Å²) in [7, 11) is 0. The molecule has 0 saturated carbocycles. The Balaban J connectivity index is 2.52. The fourth-order valence-corrected chi connectivity index (χ4v) is 1.10. The van der Waals surface area contributed by atoms with Gasteiger partial charge in [-0.15, -0.1) is 0 Å². The zero-order valence-electron chi connectivity index (χ0n) is 7.00. The third kappa shape index (κ3) is 1.44. The molecule has 2 rings (SSSR count). The molecule has 14 heavy (non-hydrogen) atoms. The second kappa shape index (κ2) is 3.10. The summed E-state index contributed by atoms with van der Waals surface area (Å²) in [5, 5.41) is 0. The van der Waals surface area contributed by atoms with Crippen LogP contribution in [0.5, 0.6) is 0 Å². The van der Waals surface area contributed by atoms with Gasteiger partial charge in [0.25, 0.3) is 6.01 Å². The van der Waals surface area contributed by atoms with Crippen molar-refractivity contribution in [3.8, 4) is 11.3 Å². The van der Waals surface area contributed by atoms with Crippen molar-refractivity contribution >= 4 is 6.01 Å². The molecule has 0 unspecified atom stereocenters. The first-order chi connectivity index (χ1) is 6.66. The van der Waals surface area contributed by atoms with Crippen molar-refractivity contribution in [3.63, 3.8) is 0 Å². The number of rotatable bonds is 1. The van der Waals surface area contributed by atoms with Gasteiger partial charge in [-0.2, -0.15) is 0 Å². The minimum atomic E-state index is -0.707. The summed E-state index contributed by atoms with van der Waals surface area (Å²) < 4.78 is 30.6. The van der Waals surface area contributed by atoms with Gasteiger partial charge in [0.15, 0.2) is 5.76 Å². The average molecular weight is 196 g/mol. The topological polar surface area (TPSA) is 52.0 Å². The van der Waals surface area contributed by atoms with Crippen LogP contribution in [0.25, 0.3) is 11.3 Å². The molecule has 0 fully saturated rings. The molecular weight excluding hydrogens is 190 g/mol. The van der Waals surface area contributed by atoms with E-state index in [1.165, 1.54) is 12.3 Å². The molecule has 2 aromatic rings. The van der Waals surface area contributed by atoms with E-state index in [4.69, 9.17) is 10.2 Å². The number of hydrogen-bond donors (Lipinski definition) is 1. The summed E-state index contributed by atoms with van der Waals surface area (Å²) in [5.74, 6) is -1.17. The largest absolute Gasteiger partial charge is 0.424 e. The average Bonchev–Trinajstić information content (AvgIpc) is 2.51. The molecule has 1 aromatic heterocycles. The smallest absolute Gasteiger partial charge is 0.292 e. The molecule has 1 heterocycles. The van der Waals surface area contributed by atoms with Crippen molar-refractivity contribution < 1.29 is 13.2 Å². The standard InChI is InChI=1S/C9H6F2N2O/c10-5-1-2-6(7(11)3-5)8-4-13-9(12)14-8/h1-4H,(H2,12,13). The van der Waals surface area contributed by atoms with Gasteiger partial charge in [0.2, 0.25) is 0 Å². The highest BCUT2D eigenvalue weighted by Crippen LogP contribution is 2.24. The molecule has 5 heteroatoms. The number of hydrogen-bond acceptors (Lipinski definition) is 3. The number of benzene rings is 1. The maximum atomic E-state index is 13.2. The van der Waals surface area contributed by atoms with Gasteiger partial charge in [0, 0.05) is 6.07 Å². The van der Waals surface area contributed by atoms with Crippen molar-refractivity contribution in [1.29, 1.82) is 0 Å². The van der Waals surface area contributed by atoms with Gasteiger partial charge in [-0.25, -0.2) is 13.8 Å². The third-order valence-corrected chi connectivity index (χ3v) is 1.72. The molecule has 0 atom stereocenters. The van der Waals surface area contributed by atoms with E-state index in [1.54, 1.807) is 0 Å². The monoisotopic (exact) mass is 196 g/mol. The first-order valence-electron chi connectivity index (χ1n) is 3.83. The maximum absolute atomic E-state index is 13.2. The van der Waals surface area contributed by atoms with Crippen molar-refractivity contribution in [2.24, 2.45) is 0 Å². The first-order valence-corrected chi connectivity index (χ1v) is 3.83. The van der Waals surface area contributed by atoms with Crippen molar-refractivity contribution in [1.82, 2.24) is 4.98 Å². The molecule has 0 aliphatic carbocycles. The van der Waals surface area contributed by atoms with Crippen LogP contribution in [0, 0.1) is 11.6 Å². The Morgan fingerprint density at radius 1 is 1.29 bits per heavy atom. The number of nitrogens with two attached hydrogens (primary N) is 1. The van der Waals surface area contributed by atoms with Gasteiger partial charge in [-0.1, -0.05) is 0 Å². The Hall–Kier alpha value is -1.91. The number of aromatic nitrogens is 1. The highest BCUT2D eigenvalue weighted by molar-refractivity contribution is 5.57. The molecule has 0 saturated heterocycles. The van der Waals surface area contributed by atoms with Crippen LogP contribution in [0.15, 0.2) is 28.8 Å². The molecular formula is C9H6F2N2O. The second-order valence-electron chi connectivity index (χ2n) is 2.69. The minimum Gasteiger partial charge on any atom is -0.424 e. The highest BCUT2D eigenvalue weighted by atomic mass is 19.1. The van der Waals surface area contributed by atoms with Crippen LogP contribution in [0.4, 0.5) is 14.8 Å². The lowest BCUT2D eigenvalue weighted by molar-refractivity contribution is 0.566. The summed E-state index contributed by atoms with van der Waals surface area (Å²) in [6.45, 7) is 0. The Morgan fingerprint density at radius 2 is 2.07 bits per heavy atom. The van der Waals surface area contributed by atoms with E-state index in [-0.39, 0.29) is 17.3 Å². The lowest BCUT2D eigenvalue weighted by atomic mass is 10.2. The molecule has 0 aliphatic rings. The van der Waals surface area contributed by atoms with E-state index >= 15 is 0 Å². The lowest BCUT2D eigenvalue weighted by Gasteiger charge is -1.97. The molecule has 0 spiro atoms. The number of nitrogens with zero attached hydrogens (tertiary/aromatic N) is 1. The third-order valence-electron chi connectivity index (χ3n) is 1.72. The lowest BCUT2D eigenvalue weighted by Crippen LogP contribution is -1.84. The molecule has 0 bridgehead atoms. The van der Waals surface area contributed by atoms with Gasteiger partial charge in [0.05, 0.1) is 11.8 Å². The van der Waals surface area contributed by atoms with E-state index < -0.39 is 11.6 Å². The Morgan fingerprint density at radius 3 is 2.64 bits per heavy atom. The SMILES string of the molecule is Nc1ncc(-c2ccc(F)cc2F)o1. The molecule has 0 amide bonds. The first kappa shape index (κ1) is 8.68. The van der Waals surface area contributed by atoms with Crippen LogP contribution < -0.4 is 5.73 Å². The molecule has 0 aliphatic heterocycles. The molecule has 0 radical (unpaired) electrons. The van der Waals surface area contributed by atoms with Crippen molar-refractivity contribution in [2.75, 3.05) is 5.73 Å². The second-order valence-corrected chi connectivity index (χ2v) is 2.69. The zero-order valence-corrected chi connectivity index (χ0v) is 7.00. The van der Waals surface area contributed by atoms with E-state index in [9.17, 15) is 8.78 Å². The summed E-state index contributed by atoms with van der Waals surface area (Å²) in [5.41, 5.74) is 5.36. The zero-order chi connectivity index (χ0) is 10.1. The molecule has 72 valence electrons. The van der Waals surface area contributed by atoms with E-state index in [1.807, 2.05) is 0 Å². The summed E-state index contributed by atoms with van der Waals surface area (Å²) in [6, 6.07) is 3.12. The molecule has 1 aromatic carbocycles. The van der Waals surface area contributed by atoms with Crippen LogP contribution in [-0.4, -0.2) is 4.98 Å². The predicted octanol–water partition coefficient (Wildman–Crippen LogP) is 2.20. The Kier molecular flexibility index (Phi) is 1.92. The highest BCUT2D eigenvalue weighted by Gasteiger charge is 2.10. The van der Waals surface area contributed by atoms with Gasteiger partial charge in [0.1, 0.15) is 11.6 Å². The van der Waals surface area contributed by atoms with Crippen LogP contribution in [0.2, 0.25) is 0 Å². The molecule has 3 nitrogen and oxygen atoms in total. The quantitative estimate of drug-likeness (QED) is 0.760. The normalized spacial score (nSPS) is 10.4. The number of anilines is 1. The van der Waals surface area contributed by atoms with Crippen molar-refractivity contribution in [3.05, 3.63) is 36.0 Å². The van der Waals surface area contributed by atoms with Crippen LogP contribution in [-0.2, 0) is 0 Å². The number of nitrogen functional groups attached to an aromatic ring is 1. The Labute approximate surface area is 78.2 Å². The van der Waals surface area contributed by atoms with Crippen LogP contribution >= 0.6 is 0 Å². The van der Waals surface area contributed by atoms with E-state index in [2.05, 4.69) is 4.98 Å². The fourth-order valence-electron chi connectivity index (χ4n) is 1.10. The van der Waals surface area contributed by atoms with Gasteiger partial charge >= 0.3 is 0 Å². The predicted molar refractivity (Wildman–Crippen MR) is 46.3 cm³/mol. The van der Waals surface area contributed by atoms with Crippen molar-refractivity contribution in [2.45, 2.75) is 0 Å². The van der Waals surface area contributed by atoms with Gasteiger partial charge < -0.3 is 10.2 Å². The summed E-state index contributed by atoms with van der Waals surface area (Å²) >= 11 is 0. The van der Waals surface area contributed by atoms with Gasteiger partial charge in [-0.3, -0.25) is 0 Å². The summed E-state index contributed by atoms with van der Waals surface area (Å²) in [6.07, 6.45) is 1.28. The molecule has 2 N–H and O–H groups in total. The number of halogens is 2. The van der Waals surface area contributed by atoms with E-state index in [0.717, 1.165) is 12.1 Å². The maximum Gasteiger partial charge on any atom is 0.292 e. The minimum absolute atomic E-state index is 0.0521. The van der Waals surface area contributed by atoms with Crippen LogP contribution in [0.1, 0.15) is 0 Å². The number of oxazole rings is 1. The Bertz CT molecular complexity index is 468. The van der Waals surface area contributed by atoms with Crippen LogP contribution in [0.3, 0.4) is 0 Å². The van der Waals surface area contributed by atoms with Gasteiger partial charge in [-0.05, 0) is 12.1 Å².